The molecular formula is C16H24N2O3. The van der Waals surface area contributed by atoms with Crippen molar-refractivity contribution in [1.82, 2.24) is 5.32 Å². The maximum Gasteiger partial charge on any atom is 0.251 e. The van der Waals surface area contributed by atoms with Gasteiger partial charge in [-0.25, -0.2) is 0 Å². The zero-order valence-electron chi connectivity index (χ0n) is 12.5. The van der Waals surface area contributed by atoms with Crippen LogP contribution < -0.4 is 15.8 Å². The van der Waals surface area contributed by atoms with Crippen LogP contribution in [0.2, 0.25) is 0 Å². The summed E-state index contributed by atoms with van der Waals surface area (Å²) in [5.74, 6) is 1.27. The summed E-state index contributed by atoms with van der Waals surface area (Å²) in [6.07, 6.45) is 3.22. The summed E-state index contributed by atoms with van der Waals surface area (Å²) in [7, 11) is 1.67. The number of nitrogens with one attached hydrogen (secondary N) is 1. The number of hydrogen-bond donors (Lipinski definition) is 2. The van der Waals surface area contributed by atoms with E-state index in [9.17, 15) is 4.79 Å². The van der Waals surface area contributed by atoms with E-state index in [0.717, 1.165) is 12.2 Å². The van der Waals surface area contributed by atoms with Gasteiger partial charge in [0.1, 0.15) is 5.75 Å². The van der Waals surface area contributed by atoms with Crippen LogP contribution in [0.25, 0.3) is 0 Å². The van der Waals surface area contributed by atoms with Gasteiger partial charge >= 0.3 is 0 Å². The first kappa shape index (κ1) is 15.8. The van der Waals surface area contributed by atoms with Crippen molar-refractivity contribution in [3.63, 3.8) is 0 Å². The molecule has 0 saturated heterocycles. The molecule has 0 spiro atoms. The van der Waals surface area contributed by atoms with E-state index in [1.54, 1.807) is 19.2 Å². The van der Waals surface area contributed by atoms with Crippen LogP contribution in [0, 0.1) is 5.92 Å². The van der Waals surface area contributed by atoms with E-state index in [4.69, 9.17) is 15.2 Å². The molecule has 1 amide bonds. The van der Waals surface area contributed by atoms with Crippen molar-refractivity contribution in [2.75, 3.05) is 26.9 Å². The highest BCUT2D eigenvalue weighted by molar-refractivity contribution is 5.94. The average Bonchev–Trinajstić information content (AvgIpc) is 3.34. The second kappa shape index (κ2) is 8.00. The smallest absolute Gasteiger partial charge is 0.251 e. The molecule has 0 radical (unpaired) electrons. The minimum absolute atomic E-state index is 0.0809. The number of carbonyl (C=O) groups excluding carboxylic acids is 1. The Kier molecular flexibility index (Phi) is 6.02. The molecule has 5 nitrogen and oxygen atoms in total. The first-order valence-corrected chi connectivity index (χ1v) is 7.46. The molecule has 1 saturated carbocycles. The van der Waals surface area contributed by atoms with E-state index in [1.165, 1.54) is 12.8 Å². The van der Waals surface area contributed by atoms with Gasteiger partial charge in [0.05, 0.1) is 6.61 Å². The van der Waals surface area contributed by atoms with Crippen LogP contribution in [0.15, 0.2) is 24.3 Å². The molecule has 1 atom stereocenters. The Hall–Kier alpha value is -1.59. The summed E-state index contributed by atoms with van der Waals surface area (Å²) >= 11 is 0. The molecule has 1 aromatic rings. The van der Waals surface area contributed by atoms with E-state index >= 15 is 0 Å². The zero-order valence-corrected chi connectivity index (χ0v) is 12.5. The summed E-state index contributed by atoms with van der Waals surface area (Å²) in [6.45, 7) is 1.83. The molecule has 0 heterocycles. The fraction of sp³-hybridized carbons (Fsp3) is 0.562. The fourth-order valence-electron chi connectivity index (χ4n) is 2.10. The van der Waals surface area contributed by atoms with Crippen LogP contribution in [0.4, 0.5) is 0 Å². The van der Waals surface area contributed by atoms with Gasteiger partial charge in [-0.15, -0.1) is 0 Å². The van der Waals surface area contributed by atoms with E-state index in [0.29, 0.717) is 31.2 Å². The highest BCUT2D eigenvalue weighted by Gasteiger charge is 2.28. The Morgan fingerprint density at radius 3 is 2.67 bits per heavy atom. The third-order valence-electron chi connectivity index (χ3n) is 3.60. The first-order valence-electron chi connectivity index (χ1n) is 7.46. The summed E-state index contributed by atoms with van der Waals surface area (Å²) in [4.78, 5) is 12.0. The SMILES string of the molecule is COCCCOc1ccc(C(=O)NCC(N)C2CC2)cc1. The van der Waals surface area contributed by atoms with E-state index in [1.807, 2.05) is 12.1 Å². The highest BCUT2D eigenvalue weighted by Crippen LogP contribution is 2.31. The fourth-order valence-corrected chi connectivity index (χ4v) is 2.10. The molecule has 1 unspecified atom stereocenters. The number of ether oxygens (including phenoxy) is 2. The third kappa shape index (κ3) is 5.36. The van der Waals surface area contributed by atoms with Gasteiger partial charge in [-0.3, -0.25) is 4.79 Å². The van der Waals surface area contributed by atoms with Crippen molar-refractivity contribution in [2.24, 2.45) is 11.7 Å². The second-order valence-electron chi connectivity index (χ2n) is 5.43. The third-order valence-corrected chi connectivity index (χ3v) is 3.60. The largest absolute Gasteiger partial charge is 0.494 e. The van der Waals surface area contributed by atoms with Crippen molar-refractivity contribution < 1.29 is 14.3 Å². The van der Waals surface area contributed by atoms with Crippen LogP contribution in [-0.4, -0.2) is 38.8 Å². The molecule has 0 bridgehead atoms. The van der Waals surface area contributed by atoms with Crippen LogP contribution >= 0.6 is 0 Å². The number of hydrogen-bond acceptors (Lipinski definition) is 4. The maximum atomic E-state index is 12.0. The monoisotopic (exact) mass is 292 g/mol. The number of methoxy groups -OCH3 is 1. The number of carbonyl (C=O) groups is 1. The molecule has 0 aliphatic heterocycles. The number of benzene rings is 1. The molecule has 1 aliphatic carbocycles. The van der Waals surface area contributed by atoms with Gasteiger partial charge in [0.2, 0.25) is 0 Å². The Morgan fingerprint density at radius 2 is 2.05 bits per heavy atom. The molecule has 0 aromatic heterocycles. The quantitative estimate of drug-likeness (QED) is 0.678. The Bertz CT molecular complexity index is 443. The lowest BCUT2D eigenvalue weighted by Crippen LogP contribution is -2.38. The predicted molar refractivity (Wildman–Crippen MR) is 81.5 cm³/mol. The molecular weight excluding hydrogens is 268 g/mol. The van der Waals surface area contributed by atoms with Gasteiger partial charge in [0.15, 0.2) is 0 Å². The van der Waals surface area contributed by atoms with Gasteiger partial charge < -0.3 is 20.5 Å². The topological polar surface area (TPSA) is 73.6 Å². The molecule has 116 valence electrons. The molecule has 3 N–H and O–H groups in total. The molecule has 1 fully saturated rings. The minimum Gasteiger partial charge on any atom is -0.494 e. The van der Waals surface area contributed by atoms with Crippen molar-refractivity contribution in [3.05, 3.63) is 29.8 Å². The van der Waals surface area contributed by atoms with Crippen LogP contribution in [-0.2, 0) is 4.74 Å². The Labute approximate surface area is 125 Å². The van der Waals surface area contributed by atoms with Gasteiger partial charge in [-0.2, -0.15) is 0 Å². The highest BCUT2D eigenvalue weighted by atomic mass is 16.5. The predicted octanol–water partition coefficient (Wildman–Crippen LogP) is 1.57. The van der Waals surface area contributed by atoms with Gasteiger partial charge in [-0.1, -0.05) is 0 Å². The summed E-state index contributed by atoms with van der Waals surface area (Å²) in [5.41, 5.74) is 6.59. The molecule has 21 heavy (non-hydrogen) atoms. The summed E-state index contributed by atoms with van der Waals surface area (Å²) in [6, 6.07) is 7.23. The Morgan fingerprint density at radius 1 is 1.33 bits per heavy atom. The van der Waals surface area contributed by atoms with Gasteiger partial charge in [0, 0.05) is 38.3 Å². The standard InChI is InChI=1S/C16H24N2O3/c1-20-9-2-10-21-14-7-5-13(6-8-14)16(19)18-11-15(17)12-3-4-12/h5-8,12,15H,2-4,9-11,17H2,1H3,(H,18,19). The van der Waals surface area contributed by atoms with E-state index in [-0.39, 0.29) is 11.9 Å². The second-order valence-corrected chi connectivity index (χ2v) is 5.43. The van der Waals surface area contributed by atoms with Gasteiger partial charge in [-0.05, 0) is 43.0 Å². The lowest BCUT2D eigenvalue weighted by atomic mass is 10.1. The van der Waals surface area contributed by atoms with Crippen molar-refractivity contribution in [2.45, 2.75) is 25.3 Å². The minimum atomic E-state index is -0.0861. The molecule has 1 aromatic carbocycles. The van der Waals surface area contributed by atoms with Crippen molar-refractivity contribution in [1.29, 1.82) is 0 Å². The zero-order chi connectivity index (χ0) is 15.1. The summed E-state index contributed by atoms with van der Waals surface area (Å²) < 4.78 is 10.5. The molecule has 5 heteroatoms. The van der Waals surface area contributed by atoms with E-state index < -0.39 is 0 Å². The number of nitrogens with two attached hydrogens (primary N) is 1. The van der Waals surface area contributed by atoms with Crippen molar-refractivity contribution in [3.8, 4) is 5.75 Å². The van der Waals surface area contributed by atoms with E-state index in [2.05, 4.69) is 5.32 Å². The normalized spacial score (nSPS) is 15.5. The first-order chi connectivity index (χ1) is 10.2. The number of rotatable bonds is 9. The lowest BCUT2D eigenvalue weighted by Gasteiger charge is -2.12. The molecule has 1 aliphatic rings. The summed E-state index contributed by atoms with van der Waals surface area (Å²) in [5, 5.41) is 2.88. The number of amides is 1. The average molecular weight is 292 g/mol. The van der Waals surface area contributed by atoms with Crippen molar-refractivity contribution >= 4 is 5.91 Å². The van der Waals surface area contributed by atoms with Crippen LogP contribution in [0.1, 0.15) is 29.6 Å². The van der Waals surface area contributed by atoms with Gasteiger partial charge in [0.25, 0.3) is 5.91 Å². The molecule has 2 rings (SSSR count). The Balaban J connectivity index is 1.73. The van der Waals surface area contributed by atoms with Crippen LogP contribution in [0.5, 0.6) is 5.75 Å². The maximum absolute atomic E-state index is 12.0. The lowest BCUT2D eigenvalue weighted by molar-refractivity contribution is 0.0950. The van der Waals surface area contributed by atoms with Crippen LogP contribution in [0.3, 0.4) is 0 Å².